The lowest BCUT2D eigenvalue weighted by atomic mass is 9.94. The fraction of sp³-hybridized carbons (Fsp3) is 0.714. The van der Waals surface area contributed by atoms with Crippen LogP contribution in [0.1, 0.15) is 89.0 Å². The molecule has 0 aromatic heterocycles. The zero-order valence-corrected chi connectivity index (χ0v) is 18.7. The number of hydrogen-bond acceptors (Lipinski definition) is 4. The van der Waals surface area contributed by atoms with Gasteiger partial charge >= 0.3 is 10.4 Å². The summed E-state index contributed by atoms with van der Waals surface area (Å²) < 4.78 is 29.7. The minimum atomic E-state index is -4.16. The zero-order chi connectivity index (χ0) is 20.4. The van der Waals surface area contributed by atoms with Gasteiger partial charge in [0.2, 0.25) is 0 Å². The van der Waals surface area contributed by atoms with Gasteiger partial charge in [0.05, 0.1) is 7.11 Å². The van der Waals surface area contributed by atoms with Gasteiger partial charge in [-0.1, -0.05) is 101 Å². The van der Waals surface area contributed by atoms with Crippen LogP contribution in [0.25, 0.3) is 0 Å². The first-order chi connectivity index (χ1) is 12.9. The minimum Gasteiger partial charge on any atom is -0.264 e. The van der Waals surface area contributed by atoms with Gasteiger partial charge in [-0.15, -0.1) is 0 Å². The molecule has 1 N–H and O–H groups in total. The van der Waals surface area contributed by atoms with Gasteiger partial charge in [-0.05, 0) is 23.7 Å². The van der Waals surface area contributed by atoms with E-state index in [0.717, 1.165) is 12.9 Å². The normalized spacial score (nSPS) is 12.3. The van der Waals surface area contributed by atoms with E-state index in [9.17, 15) is 8.42 Å². The Kier molecular flexibility index (Phi) is 17.2. The zero-order valence-electron chi connectivity index (χ0n) is 17.0. The van der Waals surface area contributed by atoms with Gasteiger partial charge in [0.15, 0.2) is 0 Å². The lowest BCUT2D eigenvalue weighted by Crippen LogP contribution is -2.00. The van der Waals surface area contributed by atoms with Gasteiger partial charge in [0.1, 0.15) is 0 Å². The van der Waals surface area contributed by atoms with Crippen molar-refractivity contribution in [2.45, 2.75) is 83.5 Å². The molecular weight excluding hydrogens is 380 g/mol. The Balaban J connectivity index is 0.000000972. The summed E-state index contributed by atoms with van der Waals surface area (Å²) in [6.45, 7) is 2.29. The molecule has 0 aliphatic heterocycles. The van der Waals surface area contributed by atoms with Crippen molar-refractivity contribution in [3.8, 4) is 0 Å². The Morgan fingerprint density at radius 2 is 1.37 bits per heavy atom. The van der Waals surface area contributed by atoms with Crippen LogP contribution in [0.3, 0.4) is 0 Å². The van der Waals surface area contributed by atoms with E-state index in [-0.39, 0.29) is 0 Å². The van der Waals surface area contributed by atoms with Gasteiger partial charge in [0, 0.05) is 0 Å². The third-order valence-electron chi connectivity index (χ3n) is 4.61. The van der Waals surface area contributed by atoms with Gasteiger partial charge in [-0.3, -0.25) is 8.74 Å². The van der Waals surface area contributed by atoms with Crippen molar-refractivity contribution in [2.75, 3.05) is 12.9 Å². The maximum Gasteiger partial charge on any atom is 0.397 e. The molecule has 1 aromatic carbocycles. The molecule has 4 nitrogen and oxygen atoms in total. The summed E-state index contributed by atoms with van der Waals surface area (Å²) in [5, 5.41) is 0. The number of benzene rings is 1. The van der Waals surface area contributed by atoms with Crippen LogP contribution < -0.4 is 0 Å². The minimum absolute atomic E-state index is 0.642. The average Bonchev–Trinajstić information content (AvgIpc) is 2.67. The van der Waals surface area contributed by atoms with Crippen LogP contribution in [0.2, 0.25) is 0 Å². The molecule has 1 atom stereocenters. The summed E-state index contributed by atoms with van der Waals surface area (Å²) in [6, 6.07) is 10.9. The van der Waals surface area contributed by atoms with E-state index >= 15 is 0 Å². The summed E-state index contributed by atoms with van der Waals surface area (Å²) >= 11 is 4.53. The predicted octanol–water partition coefficient (Wildman–Crippen LogP) is 6.45. The number of thiol groups is 1. The van der Waals surface area contributed by atoms with E-state index < -0.39 is 10.4 Å². The first-order valence-electron chi connectivity index (χ1n) is 10.1. The van der Waals surface area contributed by atoms with E-state index in [1.54, 1.807) is 0 Å². The van der Waals surface area contributed by atoms with E-state index in [1.807, 2.05) is 0 Å². The topological polar surface area (TPSA) is 63.6 Å². The molecule has 0 saturated heterocycles. The molecule has 0 heterocycles. The van der Waals surface area contributed by atoms with Crippen LogP contribution in [-0.4, -0.2) is 25.8 Å². The first-order valence-corrected chi connectivity index (χ1v) is 12.1. The smallest absolute Gasteiger partial charge is 0.264 e. The summed E-state index contributed by atoms with van der Waals surface area (Å²) in [5.41, 5.74) is 1.46. The van der Waals surface area contributed by atoms with E-state index in [1.165, 1.54) is 76.2 Å². The Morgan fingerprint density at radius 3 is 1.78 bits per heavy atom. The Morgan fingerprint density at radius 1 is 0.926 bits per heavy atom. The fourth-order valence-electron chi connectivity index (χ4n) is 2.97. The third kappa shape index (κ3) is 17.3. The van der Waals surface area contributed by atoms with Gasteiger partial charge < -0.3 is 0 Å². The molecule has 0 fully saturated rings. The molecule has 0 amide bonds. The molecule has 6 heteroatoms. The van der Waals surface area contributed by atoms with Crippen molar-refractivity contribution >= 4 is 23.0 Å². The number of rotatable bonds is 14. The van der Waals surface area contributed by atoms with Crippen molar-refractivity contribution in [2.24, 2.45) is 0 Å². The second kappa shape index (κ2) is 17.5. The van der Waals surface area contributed by atoms with Crippen molar-refractivity contribution in [3.63, 3.8) is 0 Å². The van der Waals surface area contributed by atoms with Crippen LogP contribution >= 0.6 is 12.6 Å². The highest BCUT2D eigenvalue weighted by atomic mass is 32.3. The fourth-order valence-corrected chi connectivity index (χ4v) is 3.36. The molecule has 1 unspecified atom stereocenters. The summed E-state index contributed by atoms with van der Waals surface area (Å²) in [4.78, 5) is 0. The quantitative estimate of drug-likeness (QED) is 0.207. The molecule has 1 aromatic rings. The standard InChI is InChI=1S/C20H34S.CH4O4S/c1-2-3-4-5-6-7-8-9-10-12-17-20(18-21)19-15-13-11-14-16-19;1-5-6(2,3)4/h11,13-16,20-21H,2-10,12,17-18H2,1H3;1H3,(H,2,3,4). The monoisotopic (exact) mass is 418 g/mol. The van der Waals surface area contributed by atoms with Crippen molar-refractivity contribution in [1.82, 2.24) is 0 Å². The molecule has 158 valence electrons. The van der Waals surface area contributed by atoms with Gasteiger partial charge in [-0.25, -0.2) is 0 Å². The highest BCUT2D eigenvalue weighted by molar-refractivity contribution is 7.80. The predicted molar refractivity (Wildman–Crippen MR) is 118 cm³/mol. The van der Waals surface area contributed by atoms with E-state index in [2.05, 4.69) is 54.1 Å². The Labute approximate surface area is 172 Å². The molecular formula is C21H38O4S2. The van der Waals surface area contributed by atoms with Crippen LogP contribution in [-0.2, 0) is 14.6 Å². The SMILES string of the molecule is CCCCCCCCCCCCC(CS)c1ccccc1.COS(=O)(=O)O. The van der Waals surface area contributed by atoms with Crippen molar-refractivity contribution in [3.05, 3.63) is 35.9 Å². The third-order valence-corrected chi connectivity index (χ3v) is 5.47. The lowest BCUT2D eigenvalue weighted by molar-refractivity contribution is 0.324. The van der Waals surface area contributed by atoms with E-state index in [0.29, 0.717) is 5.92 Å². The maximum atomic E-state index is 9.33. The summed E-state index contributed by atoms with van der Waals surface area (Å²) in [5.74, 6) is 1.62. The Hall–Kier alpha value is -0.560. The van der Waals surface area contributed by atoms with Crippen LogP contribution in [0.4, 0.5) is 0 Å². The number of unbranched alkanes of at least 4 members (excludes halogenated alkanes) is 9. The molecule has 0 bridgehead atoms. The molecule has 1 rings (SSSR count). The summed E-state index contributed by atoms with van der Waals surface area (Å²) in [7, 11) is -3.29. The molecule has 0 saturated carbocycles. The van der Waals surface area contributed by atoms with Crippen LogP contribution in [0, 0.1) is 0 Å². The second-order valence-electron chi connectivity index (χ2n) is 6.86. The van der Waals surface area contributed by atoms with E-state index in [4.69, 9.17) is 4.55 Å². The van der Waals surface area contributed by atoms with Crippen LogP contribution in [0.15, 0.2) is 30.3 Å². The first kappa shape index (κ1) is 26.4. The highest BCUT2D eigenvalue weighted by Crippen LogP contribution is 2.24. The highest BCUT2D eigenvalue weighted by Gasteiger charge is 2.08. The molecule has 0 radical (unpaired) electrons. The molecule has 0 aliphatic carbocycles. The molecule has 27 heavy (non-hydrogen) atoms. The van der Waals surface area contributed by atoms with Gasteiger partial charge in [-0.2, -0.15) is 21.0 Å². The Bertz CT molecular complexity index is 532. The second-order valence-corrected chi connectivity index (χ2v) is 8.41. The average molecular weight is 419 g/mol. The van der Waals surface area contributed by atoms with Crippen LogP contribution in [0.5, 0.6) is 0 Å². The van der Waals surface area contributed by atoms with Gasteiger partial charge in [0.25, 0.3) is 0 Å². The van der Waals surface area contributed by atoms with Crippen molar-refractivity contribution in [1.29, 1.82) is 0 Å². The molecule has 0 spiro atoms. The van der Waals surface area contributed by atoms with Crippen molar-refractivity contribution < 1.29 is 17.2 Å². The largest absolute Gasteiger partial charge is 0.397 e. The summed E-state index contributed by atoms with van der Waals surface area (Å²) in [6.07, 6.45) is 15.5. The maximum absolute atomic E-state index is 9.33. The number of hydrogen-bond donors (Lipinski definition) is 2. The lowest BCUT2D eigenvalue weighted by Gasteiger charge is -2.14. The molecule has 0 aliphatic rings.